The number of hydrogen-bond acceptors (Lipinski definition) is 3. The first-order chi connectivity index (χ1) is 12.3. The number of nitrogens with one attached hydrogen (secondary N) is 2. The fourth-order valence-electron chi connectivity index (χ4n) is 2.82. The quantitative estimate of drug-likeness (QED) is 0.241. The lowest BCUT2D eigenvalue weighted by molar-refractivity contribution is 0.511. The van der Waals surface area contributed by atoms with Crippen LogP contribution in [0.4, 0.5) is 0 Å². The van der Waals surface area contributed by atoms with Crippen molar-refractivity contribution in [1.82, 2.24) is 20.2 Å². The summed E-state index contributed by atoms with van der Waals surface area (Å²) in [5, 5.41) is 6.63. The monoisotopic (exact) mass is 467 g/mol. The standard InChI is InChI=1S/C19H25N5O.HI/c1-3-20-19(22-14-16-8-6-13-25-16)21-11-7-12-24-15(2)23-17-9-4-5-10-18(17)24;/h4-6,8-10,13H,3,7,11-12,14H2,1-2H3,(H2,20,21,22);1H. The van der Waals surface area contributed by atoms with Crippen molar-refractivity contribution < 1.29 is 4.42 Å². The number of benzene rings is 1. The normalized spacial score (nSPS) is 11.4. The van der Waals surface area contributed by atoms with E-state index < -0.39 is 0 Å². The third kappa shape index (κ3) is 5.23. The Morgan fingerprint density at radius 3 is 2.81 bits per heavy atom. The van der Waals surface area contributed by atoms with Crippen LogP contribution in [0, 0.1) is 6.92 Å². The summed E-state index contributed by atoms with van der Waals surface area (Å²) < 4.78 is 7.59. The van der Waals surface area contributed by atoms with Crippen molar-refractivity contribution in [3.63, 3.8) is 0 Å². The van der Waals surface area contributed by atoms with Crippen LogP contribution < -0.4 is 10.6 Å². The first-order valence-electron chi connectivity index (χ1n) is 8.74. The van der Waals surface area contributed by atoms with Gasteiger partial charge in [0.05, 0.1) is 17.3 Å². The van der Waals surface area contributed by atoms with Crippen molar-refractivity contribution in [1.29, 1.82) is 0 Å². The second-order valence-corrected chi connectivity index (χ2v) is 5.85. The molecular weight excluding hydrogens is 441 g/mol. The molecular formula is C19H26IN5O. The van der Waals surface area contributed by atoms with E-state index in [2.05, 4.69) is 57.2 Å². The summed E-state index contributed by atoms with van der Waals surface area (Å²) in [6.45, 7) is 7.25. The number of nitrogens with zero attached hydrogens (tertiary/aromatic N) is 3. The van der Waals surface area contributed by atoms with E-state index in [1.807, 2.05) is 18.2 Å². The van der Waals surface area contributed by atoms with Crippen molar-refractivity contribution in [2.75, 3.05) is 13.1 Å². The van der Waals surface area contributed by atoms with Crippen LogP contribution in [-0.4, -0.2) is 28.6 Å². The van der Waals surface area contributed by atoms with Gasteiger partial charge in [0.1, 0.15) is 18.1 Å². The molecule has 6 nitrogen and oxygen atoms in total. The predicted octanol–water partition coefficient (Wildman–Crippen LogP) is 3.70. The van der Waals surface area contributed by atoms with Crippen molar-refractivity contribution >= 4 is 41.0 Å². The number of rotatable bonds is 7. The molecule has 0 bridgehead atoms. The van der Waals surface area contributed by atoms with Gasteiger partial charge < -0.3 is 19.6 Å². The number of aliphatic imine (C=N–C) groups is 1. The topological polar surface area (TPSA) is 67.4 Å². The second kappa shape index (κ2) is 10.2. The van der Waals surface area contributed by atoms with Crippen LogP contribution in [0.15, 0.2) is 52.1 Å². The van der Waals surface area contributed by atoms with Crippen LogP contribution in [0.3, 0.4) is 0 Å². The smallest absolute Gasteiger partial charge is 0.191 e. The van der Waals surface area contributed by atoms with Gasteiger partial charge in [-0.15, -0.1) is 24.0 Å². The highest BCUT2D eigenvalue weighted by atomic mass is 127. The maximum absolute atomic E-state index is 5.32. The van der Waals surface area contributed by atoms with Gasteiger partial charge in [-0.3, -0.25) is 0 Å². The Labute approximate surface area is 171 Å². The molecule has 140 valence electrons. The summed E-state index contributed by atoms with van der Waals surface area (Å²) in [5.41, 5.74) is 2.25. The molecule has 0 radical (unpaired) electrons. The Kier molecular flexibility index (Phi) is 7.96. The Balaban J connectivity index is 0.00000243. The van der Waals surface area contributed by atoms with Gasteiger partial charge in [0.15, 0.2) is 5.96 Å². The van der Waals surface area contributed by atoms with Gasteiger partial charge >= 0.3 is 0 Å². The van der Waals surface area contributed by atoms with Gasteiger partial charge in [-0.2, -0.15) is 0 Å². The first kappa shape index (κ1) is 20.3. The summed E-state index contributed by atoms with van der Waals surface area (Å²) in [4.78, 5) is 9.15. The van der Waals surface area contributed by atoms with E-state index >= 15 is 0 Å². The lowest BCUT2D eigenvalue weighted by Gasteiger charge is -2.12. The molecule has 3 aromatic rings. The fraction of sp³-hybridized carbons (Fsp3) is 0.368. The number of aryl methyl sites for hydroxylation is 2. The largest absolute Gasteiger partial charge is 0.467 e. The third-order valence-corrected chi connectivity index (χ3v) is 4.01. The summed E-state index contributed by atoms with van der Waals surface area (Å²) in [6.07, 6.45) is 2.66. The summed E-state index contributed by atoms with van der Waals surface area (Å²) in [6, 6.07) is 12.1. The van der Waals surface area contributed by atoms with E-state index in [4.69, 9.17) is 4.42 Å². The molecule has 0 saturated heterocycles. The summed E-state index contributed by atoms with van der Waals surface area (Å²) in [7, 11) is 0. The molecule has 26 heavy (non-hydrogen) atoms. The average Bonchev–Trinajstić information content (AvgIpc) is 3.24. The zero-order valence-corrected chi connectivity index (χ0v) is 17.6. The van der Waals surface area contributed by atoms with Crippen molar-refractivity contribution in [2.24, 2.45) is 4.99 Å². The minimum absolute atomic E-state index is 0. The van der Waals surface area contributed by atoms with Crippen LogP contribution in [-0.2, 0) is 13.1 Å². The lowest BCUT2D eigenvalue weighted by Crippen LogP contribution is -2.38. The Morgan fingerprint density at radius 1 is 1.19 bits per heavy atom. The van der Waals surface area contributed by atoms with Crippen molar-refractivity contribution in [3.05, 3.63) is 54.2 Å². The van der Waals surface area contributed by atoms with E-state index in [1.54, 1.807) is 6.26 Å². The molecule has 0 spiro atoms. The van der Waals surface area contributed by atoms with Crippen LogP contribution in [0.2, 0.25) is 0 Å². The van der Waals surface area contributed by atoms with E-state index in [9.17, 15) is 0 Å². The molecule has 0 aliphatic carbocycles. The number of imidazole rings is 1. The third-order valence-electron chi connectivity index (χ3n) is 4.01. The van der Waals surface area contributed by atoms with Gasteiger partial charge in [-0.05, 0) is 44.5 Å². The zero-order valence-electron chi connectivity index (χ0n) is 15.2. The molecule has 2 heterocycles. The van der Waals surface area contributed by atoms with Crippen LogP contribution in [0.1, 0.15) is 24.9 Å². The van der Waals surface area contributed by atoms with Gasteiger partial charge in [-0.1, -0.05) is 12.1 Å². The van der Waals surface area contributed by atoms with E-state index in [0.29, 0.717) is 6.54 Å². The fourth-order valence-corrected chi connectivity index (χ4v) is 2.82. The Morgan fingerprint density at radius 2 is 2.04 bits per heavy atom. The highest BCUT2D eigenvalue weighted by Gasteiger charge is 2.06. The molecule has 2 aromatic heterocycles. The minimum Gasteiger partial charge on any atom is -0.467 e. The van der Waals surface area contributed by atoms with Crippen LogP contribution in [0.25, 0.3) is 11.0 Å². The molecule has 7 heteroatoms. The van der Waals surface area contributed by atoms with E-state index in [1.165, 1.54) is 5.52 Å². The Hall–Kier alpha value is -2.03. The maximum atomic E-state index is 5.32. The average molecular weight is 467 g/mol. The maximum Gasteiger partial charge on any atom is 0.191 e. The number of hydrogen-bond donors (Lipinski definition) is 2. The minimum atomic E-state index is 0. The predicted molar refractivity (Wildman–Crippen MR) is 116 cm³/mol. The van der Waals surface area contributed by atoms with E-state index in [0.717, 1.165) is 49.1 Å². The number of halogens is 1. The molecule has 0 fully saturated rings. The molecule has 0 unspecified atom stereocenters. The highest BCUT2D eigenvalue weighted by molar-refractivity contribution is 14.0. The van der Waals surface area contributed by atoms with Gasteiger partial charge in [-0.25, -0.2) is 9.98 Å². The van der Waals surface area contributed by atoms with Crippen LogP contribution >= 0.6 is 24.0 Å². The van der Waals surface area contributed by atoms with Gasteiger partial charge in [0, 0.05) is 19.6 Å². The summed E-state index contributed by atoms with van der Waals surface area (Å²) >= 11 is 0. The number of guanidine groups is 1. The number of aromatic nitrogens is 2. The number of para-hydroxylation sites is 2. The molecule has 0 amide bonds. The zero-order chi connectivity index (χ0) is 17.5. The molecule has 2 N–H and O–H groups in total. The number of fused-ring (bicyclic) bond motifs is 1. The molecule has 0 aliphatic heterocycles. The van der Waals surface area contributed by atoms with Gasteiger partial charge in [0.25, 0.3) is 0 Å². The molecule has 1 aromatic carbocycles. The summed E-state index contributed by atoms with van der Waals surface area (Å²) in [5.74, 6) is 2.73. The Bertz CT molecular complexity index is 826. The number of furan rings is 1. The molecule has 0 saturated carbocycles. The lowest BCUT2D eigenvalue weighted by atomic mass is 10.3. The van der Waals surface area contributed by atoms with Crippen molar-refractivity contribution in [2.45, 2.75) is 33.4 Å². The first-order valence-corrected chi connectivity index (χ1v) is 8.74. The second-order valence-electron chi connectivity index (χ2n) is 5.85. The van der Waals surface area contributed by atoms with E-state index in [-0.39, 0.29) is 24.0 Å². The van der Waals surface area contributed by atoms with Crippen molar-refractivity contribution in [3.8, 4) is 0 Å². The molecule has 3 rings (SSSR count). The molecule has 0 aliphatic rings. The SMILES string of the molecule is CCNC(=NCc1ccco1)NCCCn1c(C)nc2ccccc21.I. The molecule has 0 atom stereocenters. The van der Waals surface area contributed by atoms with Gasteiger partial charge in [0.2, 0.25) is 0 Å². The van der Waals surface area contributed by atoms with Crippen LogP contribution in [0.5, 0.6) is 0 Å². The highest BCUT2D eigenvalue weighted by Crippen LogP contribution is 2.15.